The molecule has 138 valence electrons. The lowest BCUT2D eigenvalue weighted by molar-refractivity contribution is -0.121. The van der Waals surface area contributed by atoms with Crippen molar-refractivity contribution in [1.29, 1.82) is 0 Å². The SMILES string of the molecule is COc1ccccc1N=C1SC(=C2Sc3ccc(Cl)cc3N2C)C(=O)N1C. The van der Waals surface area contributed by atoms with Crippen molar-refractivity contribution in [3.8, 4) is 5.75 Å². The van der Waals surface area contributed by atoms with Gasteiger partial charge in [-0.05, 0) is 42.1 Å². The summed E-state index contributed by atoms with van der Waals surface area (Å²) in [7, 11) is 5.29. The number of hydrogen-bond acceptors (Lipinski definition) is 6. The van der Waals surface area contributed by atoms with Crippen molar-refractivity contribution in [2.24, 2.45) is 4.99 Å². The Morgan fingerprint density at radius 1 is 1.07 bits per heavy atom. The molecular formula is C19H16ClN3O2S2. The fourth-order valence-electron chi connectivity index (χ4n) is 2.82. The van der Waals surface area contributed by atoms with Gasteiger partial charge in [-0.25, -0.2) is 4.99 Å². The number of amidine groups is 1. The first kappa shape index (κ1) is 18.3. The Labute approximate surface area is 171 Å². The van der Waals surface area contributed by atoms with Gasteiger partial charge in [0.15, 0.2) is 5.17 Å². The summed E-state index contributed by atoms with van der Waals surface area (Å²) < 4.78 is 5.36. The van der Waals surface area contributed by atoms with Gasteiger partial charge in [-0.1, -0.05) is 35.5 Å². The Bertz CT molecular complexity index is 1010. The second-order valence-electron chi connectivity index (χ2n) is 5.94. The minimum absolute atomic E-state index is 0.0677. The quantitative estimate of drug-likeness (QED) is 0.646. The van der Waals surface area contributed by atoms with Crippen LogP contribution in [-0.2, 0) is 4.79 Å². The van der Waals surface area contributed by atoms with Gasteiger partial charge in [0.1, 0.15) is 16.3 Å². The van der Waals surface area contributed by atoms with E-state index in [-0.39, 0.29) is 5.91 Å². The summed E-state index contributed by atoms with van der Waals surface area (Å²) >= 11 is 9.07. The van der Waals surface area contributed by atoms with Crippen LogP contribution in [0.3, 0.4) is 0 Å². The van der Waals surface area contributed by atoms with Crippen LogP contribution in [0.5, 0.6) is 5.75 Å². The molecule has 5 nitrogen and oxygen atoms in total. The van der Waals surface area contributed by atoms with Gasteiger partial charge < -0.3 is 9.64 Å². The van der Waals surface area contributed by atoms with Crippen LogP contribution in [0.25, 0.3) is 0 Å². The lowest BCUT2D eigenvalue weighted by Gasteiger charge is -2.14. The molecule has 27 heavy (non-hydrogen) atoms. The molecule has 1 fully saturated rings. The molecule has 0 saturated carbocycles. The Hall–Kier alpha value is -2.09. The number of fused-ring (bicyclic) bond motifs is 1. The normalized spacial score (nSPS) is 20.6. The third kappa shape index (κ3) is 3.20. The number of halogens is 1. The van der Waals surface area contributed by atoms with Crippen LogP contribution in [0.2, 0.25) is 5.02 Å². The number of aliphatic imine (C=N–C) groups is 1. The van der Waals surface area contributed by atoms with Crippen molar-refractivity contribution in [3.05, 3.63) is 57.4 Å². The van der Waals surface area contributed by atoms with Gasteiger partial charge in [-0.3, -0.25) is 9.69 Å². The van der Waals surface area contributed by atoms with Crippen LogP contribution >= 0.6 is 35.1 Å². The number of benzene rings is 2. The Kier molecular flexibility index (Phi) is 4.84. The molecule has 8 heteroatoms. The van der Waals surface area contributed by atoms with Gasteiger partial charge in [0.05, 0.1) is 17.8 Å². The molecule has 2 aliphatic rings. The van der Waals surface area contributed by atoms with Gasteiger partial charge in [-0.15, -0.1) is 0 Å². The minimum Gasteiger partial charge on any atom is -0.494 e. The van der Waals surface area contributed by atoms with Crippen molar-refractivity contribution < 1.29 is 9.53 Å². The number of anilines is 1. The summed E-state index contributed by atoms with van der Waals surface area (Å²) in [5, 5.41) is 2.18. The summed E-state index contributed by atoms with van der Waals surface area (Å²) in [6.45, 7) is 0. The number of nitrogens with zero attached hydrogens (tertiary/aromatic N) is 3. The van der Waals surface area contributed by atoms with E-state index in [9.17, 15) is 4.79 Å². The molecule has 2 aromatic carbocycles. The summed E-state index contributed by atoms with van der Waals surface area (Å²) in [5.41, 5.74) is 1.69. The van der Waals surface area contributed by atoms with E-state index in [0.29, 0.717) is 26.5 Å². The molecule has 0 radical (unpaired) electrons. The molecule has 2 heterocycles. The van der Waals surface area contributed by atoms with Crippen LogP contribution in [-0.4, -0.2) is 37.2 Å². The number of rotatable bonds is 2. The number of thioether (sulfide) groups is 2. The monoisotopic (exact) mass is 417 g/mol. The standard InChI is InChI=1S/C19H16ClN3O2S2/c1-22-13-10-11(20)8-9-15(13)26-18(22)16-17(24)23(2)19(27-16)21-12-6-4-5-7-14(12)25-3/h4-10H,1-3H3. The predicted octanol–water partition coefficient (Wildman–Crippen LogP) is 4.95. The van der Waals surface area contributed by atoms with Gasteiger partial charge in [0.25, 0.3) is 5.91 Å². The van der Waals surface area contributed by atoms with Crippen molar-refractivity contribution in [2.75, 3.05) is 26.1 Å². The topological polar surface area (TPSA) is 45.1 Å². The van der Waals surface area contributed by atoms with E-state index in [4.69, 9.17) is 16.3 Å². The molecule has 1 saturated heterocycles. The van der Waals surface area contributed by atoms with Gasteiger partial charge in [0, 0.05) is 24.0 Å². The molecule has 4 rings (SSSR count). The predicted molar refractivity (Wildman–Crippen MR) is 113 cm³/mol. The van der Waals surface area contributed by atoms with Crippen LogP contribution < -0.4 is 9.64 Å². The lowest BCUT2D eigenvalue weighted by Crippen LogP contribution is -2.24. The average Bonchev–Trinajstić information content (AvgIpc) is 3.13. The van der Waals surface area contributed by atoms with Gasteiger partial charge in [-0.2, -0.15) is 0 Å². The zero-order valence-corrected chi connectivity index (χ0v) is 17.3. The second kappa shape index (κ2) is 7.14. The molecule has 0 bridgehead atoms. The van der Waals surface area contributed by atoms with E-state index in [1.54, 1.807) is 30.8 Å². The summed E-state index contributed by atoms with van der Waals surface area (Å²) in [5.74, 6) is 0.601. The highest BCUT2D eigenvalue weighted by atomic mass is 35.5. The smallest absolute Gasteiger partial charge is 0.269 e. The van der Waals surface area contributed by atoms with Crippen LogP contribution in [0.15, 0.2) is 62.3 Å². The third-order valence-electron chi connectivity index (χ3n) is 4.27. The molecule has 1 amide bonds. The maximum Gasteiger partial charge on any atom is 0.269 e. The highest BCUT2D eigenvalue weighted by Crippen LogP contribution is 2.50. The molecule has 0 unspecified atom stereocenters. The molecule has 2 aromatic rings. The van der Waals surface area contributed by atoms with E-state index in [0.717, 1.165) is 15.6 Å². The van der Waals surface area contributed by atoms with Gasteiger partial charge >= 0.3 is 0 Å². The molecule has 0 aromatic heterocycles. The van der Waals surface area contributed by atoms with E-state index in [1.807, 2.05) is 54.4 Å². The van der Waals surface area contributed by atoms with Gasteiger partial charge in [0.2, 0.25) is 0 Å². The average molecular weight is 418 g/mol. The molecular weight excluding hydrogens is 402 g/mol. The highest BCUT2D eigenvalue weighted by Gasteiger charge is 2.37. The van der Waals surface area contributed by atoms with Crippen molar-refractivity contribution >= 4 is 57.6 Å². The summed E-state index contributed by atoms with van der Waals surface area (Å²) in [6.07, 6.45) is 0. The van der Waals surface area contributed by atoms with E-state index >= 15 is 0 Å². The number of hydrogen-bond donors (Lipinski definition) is 0. The maximum absolute atomic E-state index is 12.9. The van der Waals surface area contributed by atoms with Crippen LogP contribution in [0.1, 0.15) is 0 Å². The first-order valence-electron chi connectivity index (χ1n) is 8.12. The largest absolute Gasteiger partial charge is 0.494 e. The van der Waals surface area contributed by atoms with Crippen molar-refractivity contribution in [1.82, 2.24) is 4.90 Å². The number of ether oxygens (including phenoxy) is 1. The molecule has 0 N–H and O–H groups in total. The molecule has 0 atom stereocenters. The first-order valence-corrected chi connectivity index (χ1v) is 10.1. The van der Waals surface area contributed by atoms with E-state index in [1.165, 1.54) is 11.8 Å². The first-order chi connectivity index (χ1) is 13.0. The second-order valence-corrected chi connectivity index (χ2v) is 8.38. The Balaban J connectivity index is 1.72. The number of methoxy groups -OCH3 is 1. The minimum atomic E-state index is -0.0677. The third-order valence-corrected chi connectivity index (χ3v) is 6.99. The molecule has 0 aliphatic carbocycles. The summed E-state index contributed by atoms with van der Waals surface area (Å²) in [4.78, 5) is 22.8. The lowest BCUT2D eigenvalue weighted by atomic mass is 10.3. The maximum atomic E-state index is 12.9. The Morgan fingerprint density at radius 3 is 2.63 bits per heavy atom. The number of carbonyl (C=O) groups excluding carboxylic acids is 1. The molecule has 2 aliphatic heterocycles. The van der Waals surface area contributed by atoms with Crippen molar-refractivity contribution in [3.63, 3.8) is 0 Å². The number of likely N-dealkylation sites (N-methyl/N-ethyl adjacent to an activating group) is 1. The zero-order chi connectivity index (χ0) is 19.1. The number of amides is 1. The fourth-order valence-corrected chi connectivity index (χ4v) is 5.29. The summed E-state index contributed by atoms with van der Waals surface area (Å²) in [6, 6.07) is 13.2. The van der Waals surface area contributed by atoms with E-state index in [2.05, 4.69) is 4.99 Å². The number of carbonyl (C=O) groups is 1. The highest BCUT2D eigenvalue weighted by molar-refractivity contribution is 8.19. The van der Waals surface area contributed by atoms with Crippen LogP contribution in [0.4, 0.5) is 11.4 Å². The van der Waals surface area contributed by atoms with E-state index < -0.39 is 0 Å². The van der Waals surface area contributed by atoms with Crippen molar-refractivity contribution in [2.45, 2.75) is 4.90 Å². The zero-order valence-electron chi connectivity index (χ0n) is 14.9. The Morgan fingerprint density at radius 2 is 1.85 bits per heavy atom. The number of para-hydroxylation sites is 2. The van der Waals surface area contributed by atoms with Crippen LogP contribution in [0, 0.1) is 0 Å². The molecule has 0 spiro atoms. The fraction of sp³-hybridized carbons (Fsp3) is 0.158.